The summed E-state index contributed by atoms with van der Waals surface area (Å²) in [5.74, 6) is 4.46. The lowest BCUT2D eigenvalue weighted by molar-refractivity contribution is -0.126. The van der Waals surface area contributed by atoms with Gasteiger partial charge in [-0.3, -0.25) is 15.0 Å². The van der Waals surface area contributed by atoms with Crippen LogP contribution >= 0.6 is 0 Å². The van der Waals surface area contributed by atoms with E-state index in [4.69, 9.17) is 5.84 Å². The monoisotopic (exact) mass is 336 g/mol. The molecule has 1 aliphatic heterocycles. The topological polar surface area (TPSA) is 80.4 Å². The fourth-order valence-electron chi connectivity index (χ4n) is 3.80. The van der Waals surface area contributed by atoms with Crippen molar-refractivity contribution in [1.82, 2.24) is 9.99 Å². The molecule has 1 aliphatic rings. The SMILES string of the molecule is CCn1c2ccccc2c2cc(N3CC(C(=O)NN)CC3=O)ccc21. The third-order valence-electron chi connectivity index (χ3n) is 5.02. The van der Waals surface area contributed by atoms with E-state index in [1.54, 1.807) is 4.90 Å². The molecule has 1 aromatic heterocycles. The zero-order valence-corrected chi connectivity index (χ0v) is 14.0. The molecule has 3 aromatic rings. The maximum Gasteiger partial charge on any atom is 0.239 e. The molecule has 0 aliphatic carbocycles. The largest absolute Gasteiger partial charge is 0.341 e. The Balaban J connectivity index is 1.81. The molecule has 25 heavy (non-hydrogen) atoms. The zero-order chi connectivity index (χ0) is 17.6. The number of nitrogens with one attached hydrogen (secondary N) is 1. The predicted octanol–water partition coefficient (Wildman–Crippen LogP) is 2.16. The van der Waals surface area contributed by atoms with Gasteiger partial charge in [-0.25, -0.2) is 5.84 Å². The minimum absolute atomic E-state index is 0.0489. The van der Waals surface area contributed by atoms with E-state index in [9.17, 15) is 9.59 Å². The summed E-state index contributed by atoms with van der Waals surface area (Å²) < 4.78 is 2.27. The van der Waals surface area contributed by atoms with E-state index in [2.05, 4.69) is 35.1 Å². The maximum atomic E-state index is 12.4. The maximum absolute atomic E-state index is 12.4. The van der Waals surface area contributed by atoms with Gasteiger partial charge in [0.2, 0.25) is 11.8 Å². The summed E-state index contributed by atoms with van der Waals surface area (Å²) in [4.78, 5) is 25.8. The van der Waals surface area contributed by atoms with Crippen molar-refractivity contribution in [3.05, 3.63) is 42.5 Å². The summed E-state index contributed by atoms with van der Waals surface area (Å²) in [5, 5.41) is 2.29. The van der Waals surface area contributed by atoms with Gasteiger partial charge in [-0.05, 0) is 31.2 Å². The Bertz CT molecular complexity index is 992. The van der Waals surface area contributed by atoms with Crippen LogP contribution in [0.2, 0.25) is 0 Å². The number of rotatable bonds is 3. The highest BCUT2D eigenvalue weighted by molar-refractivity contribution is 6.10. The number of hydrazine groups is 1. The number of aromatic nitrogens is 1. The first kappa shape index (κ1) is 15.7. The fourth-order valence-corrected chi connectivity index (χ4v) is 3.80. The number of carbonyl (C=O) groups is 2. The summed E-state index contributed by atoms with van der Waals surface area (Å²) in [5.41, 5.74) is 5.30. The Hall–Kier alpha value is -2.86. The number of aryl methyl sites for hydroxylation is 1. The third kappa shape index (κ3) is 2.37. The normalized spacial score (nSPS) is 17.6. The number of fused-ring (bicyclic) bond motifs is 3. The molecule has 128 valence electrons. The Labute approximate surface area is 145 Å². The minimum atomic E-state index is -0.398. The molecule has 4 rings (SSSR count). The molecule has 2 amide bonds. The van der Waals surface area contributed by atoms with Crippen molar-refractivity contribution in [2.75, 3.05) is 11.4 Å². The van der Waals surface area contributed by atoms with Crippen LogP contribution in [0.25, 0.3) is 21.8 Å². The molecule has 1 fully saturated rings. The molecule has 6 heteroatoms. The fraction of sp³-hybridized carbons (Fsp3) is 0.263. The molecule has 0 radical (unpaired) electrons. The molecular weight excluding hydrogens is 316 g/mol. The Morgan fingerprint density at radius 3 is 2.72 bits per heavy atom. The first-order valence-corrected chi connectivity index (χ1v) is 8.46. The van der Waals surface area contributed by atoms with Crippen LogP contribution in [-0.4, -0.2) is 22.9 Å². The number of hydrogen-bond acceptors (Lipinski definition) is 3. The van der Waals surface area contributed by atoms with E-state index in [0.717, 1.165) is 23.1 Å². The highest BCUT2D eigenvalue weighted by Crippen LogP contribution is 2.34. The van der Waals surface area contributed by atoms with Crippen molar-refractivity contribution in [2.24, 2.45) is 11.8 Å². The van der Waals surface area contributed by atoms with E-state index in [1.807, 2.05) is 24.3 Å². The van der Waals surface area contributed by atoms with E-state index < -0.39 is 5.92 Å². The van der Waals surface area contributed by atoms with Gasteiger partial charge in [-0.15, -0.1) is 0 Å². The number of nitrogens with zero attached hydrogens (tertiary/aromatic N) is 2. The summed E-state index contributed by atoms with van der Waals surface area (Å²) in [7, 11) is 0. The van der Waals surface area contributed by atoms with Crippen molar-refractivity contribution in [3.8, 4) is 0 Å². The molecule has 0 saturated carbocycles. The summed E-state index contributed by atoms with van der Waals surface area (Å²) in [6.07, 6.45) is 0.192. The standard InChI is InChI=1S/C19H20N4O2/c1-2-22-16-6-4-3-5-14(16)15-10-13(7-8-17(15)22)23-11-12(9-18(23)24)19(25)21-20/h3-8,10,12H,2,9,11,20H2,1H3,(H,21,25). The van der Waals surface area contributed by atoms with E-state index in [1.165, 1.54) is 10.9 Å². The van der Waals surface area contributed by atoms with Crippen molar-refractivity contribution in [2.45, 2.75) is 19.9 Å². The van der Waals surface area contributed by atoms with Crippen molar-refractivity contribution in [3.63, 3.8) is 0 Å². The second kappa shape index (κ2) is 5.89. The Morgan fingerprint density at radius 1 is 1.20 bits per heavy atom. The third-order valence-corrected chi connectivity index (χ3v) is 5.02. The Morgan fingerprint density at radius 2 is 1.96 bits per heavy atom. The quantitative estimate of drug-likeness (QED) is 0.437. The molecule has 2 aromatic carbocycles. The van der Waals surface area contributed by atoms with E-state index in [-0.39, 0.29) is 18.2 Å². The van der Waals surface area contributed by atoms with Crippen LogP contribution in [0.15, 0.2) is 42.5 Å². The van der Waals surface area contributed by atoms with Crippen LogP contribution in [0.4, 0.5) is 5.69 Å². The number of para-hydroxylation sites is 1. The second-order valence-electron chi connectivity index (χ2n) is 6.38. The van der Waals surface area contributed by atoms with Crippen LogP contribution in [0.5, 0.6) is 0 Å². The van der Waals surface area contributed by atoms with Crippen LogP contribution in [-0.2, 0) is 16.1 Å². The van der Waals surface area contributed by atoms with Gasteiger partial charge in [0.25, 0.3) is 0 Å². The number of amides is 2. The summed E-state index contributed by atoms with van der Waals surface area (Å²) >= 11 is 0. The van der Waals surface area contributed by atoms with E-state index in [0.29, 0.717) is 6.54 Å². The predicted molar refractivity (Wildman–Crippen MR) is 97.9 cm³/mol. The van der Waals surface area contributed by atoms with Crippen LogP contribution < -0.4 is 16.2 Å². The Kier molecular flexibility index (Phi) is 3.69. The molecular formula is C19H20N4O2. The summed E-state index contributed by atoms with van der Waals surface area (Å²) in [6.45, 7) is 3.37. The summed E-state index contributed by atoms with van der Waals surface area (Å²) in [6, 6.07) is 14.3. The van der Waals surface area contributed by atoms with Crippen LogP contribution in [0.3, 0.4) is 0 Å². The minimum Gasteiger partial charge on any atom is -0.341 e. The number of carbonyl (C=O) groups excluding carboxylic acids is 2. The molecule has 1 unspecified atom stereocenters. The molecule has 3 N–H and O–H groups in total. The molecule has 0 bridgehead atoms. The van der Waals surface area contributed by atoms with Gasteiger partial charge in [0.05, 0.1) is 5.92 Å². The van der Waals surface area contributed by atoms with Crippen molar-refractivity contribution >= 4 is 39.3 Å². The zero-order valence-electron chi connectivity index (χ0n) is 14.0. The van der Waals surface area contributed by atoms with Crippen LogP contribution in [0.1, 0.15) is 13.3 Å². The molecule has 1 saturated heterocycles. The van der Waals surface area contributed by atoms with Crippen molar-refractivity contribution in [1.29, 1.82) is 0 Å². The number of anilines is 1. The highest BCUT2D eigenvalue weighted by Gasteiger charge is 2.35. The van der Waals surface area contributed by atoms with E-state index >= 15 is 0 Å². The number of hydrogen-bond donors (Lipinski definition) is 2. The second-order valence-corrected chi connectivity index (χ2v) is 6.38. The number of benzene rings is 2. The molecule has 1 atom stereocenters. The van der Waals surface area contributed by atoms with Gasteiger partial charge in [-0.2, -0.15) is 0 Å². The first-order chi connectivity index (χ1) is 12.1. The molecule has 0 spiro atoms. The van der Waals surface area contributed by atoms with Gasteiger partial charge in [0, 0.05) is 47.0 Å². The first-order valence-electron chi connectivity index (χ1n) is 8.46. The van der Waals surface area contributed by atoms with Crippen LogP contribution in [0, 0.1) is 5.92 Å². The molecule has 6 nitrogen and oxygen atoms in total. The van der Waals surface area contributed by atoms with Gasteiger partial charge in [0.15, 0.2) is 0 Å². The van der Waals surface area contributed by atoms with Gasteiger partial charge in [0.1, 0.15) is 0 Å². The lowest BCUT2D eigenvalue weighted by Gasteiger charge is -2.17. The van der Waals surface area contributed by atoms with Gasteiger partial charge >= 0.3 is 0 Å². The van der Waals surface area contributed by atoms with Gasteiger partial charge < -0.3 is 9.47 Å². The van der Waals surface area contributed by atoms with Gasteiger partial charge in [-0.1, -0.05) is 18.2 Å². The van der Waals surface area contributed by atoms with Crippen molar-refractivity contribution < 1.29 is 9.59 Å². The average Bonchev–Trinajstić information content (AvgIpc) is 3.18. The number of nitrogens with two attached hydrogens (primary N) is 1. The molecule has 2 heterocycles. The lowest BCUT2D eigenvalue weighted by atomic mass is 10.1. The highest BCUT2D eigenvalue weighted by atomic mass is 16.2. The lowest BCUT2D eigenvalue weighted by Crippen LogP contribution is -2.37. The average molecular weight is 336 g/mol. The smallest absolute Gasteiger partial charge is 0.239 e.